The van der Waals surface area contributed by atoms with Crippen molar-refractivity contribution in [1.82, 2.24) is 4.90 Å². The molecule has 0 saturated carbocycles. The van der Waals surface area contributed by atoms with Gasteiger partial charge in [-0.2, -0.15) is 0 Å². The quantitative estimate of drug-likeness (QED) is 0.462. The molecule has 0 fully saturated rings. The Bertz CT molecular complexity index is 133. The van der Waals surface area contributed by atoms with Crippen molar-refractivity contribution < 1.29 is 0 Å². The Hall–Kier alpha value is -0.0400. The summed E-state index contributed by atoms with van der Waals surface area (Å²) in [5, 5.41) is 0. The van der Waals surface area contributed by atoms with E-state index in [4.69, 9.17) is 0 Å². The van der Waals surface area contributed by atoms with Gasteiger partial charge in [0.1, 0.15) is 0 Å². The van der Waals surface area contributed by atoms with Gasteiger partial charge in [-0.25, -0.2) is 0 Å². The predicted molar refractivity (Wildman–Crippen MR) is 74.9 cm³/mol. The van der Waals surface area contributed by atoms with Crippen molar-refractivity contribution in [2.45, 2.75) is 72.1 Å². The molecule has 0 aromatic carbocycles. The SMILES string of the molecule is CCCCCC(CC)CN(C)CCCCC. The molecule has 1 nitrogen and oxygen atoms in total. The highest BCUT2D eigenvalue weighted by atomic mass is 15.1. The predicted octanol–water partition coefficient (Wildman–Crippen LogP) is 4.71. The molecule has 0 saturated heterocycles. The molecule has 0 amide bonds. The zero-order valence-corrected chi connectivity index (χ0v) is 12.1. The van der Waals surface area contributed by atoms with Crippen molar-refractivity contribution in [2.24, 2.45) is 5.92 Å². The molecule has 1 atom stereocenters. The third-order valence-electron chi connectivity index (χ3n) is 3.51. The highest BCUT2D eigenvalue weighted by molar-refractivity contribution is 4.63. The monoisotopic (exact) mass is 227 g/mol. The summed E-state index contributed by atoms with van der Waals surface area (Å²) in [6, 6.07) is 0. The van der Waals surface area contributed by atoms with Gasteiger partial charge in [-0.05, 0) is 32.4 Å². The van der Waals surface area contributed by atoms with Crippen LogP contribution in [0.15, 0.2) is 0 Å². The topological polar surface area (TPSA) is 3.24 Å². The maximum atomic E-state index is 2.54. The van der Waals surface area contributed by atoms with Crippen LogP contribution in [0.5, 0.6) is 0 Å². The zero-order chi connectivity index (χ0) is 12.2. The second-order valence-electron chi connectivity index (χ2n) is 5.24. The summed E-state index contributed by atoms with van der Waals surface area (Å²) in [4.78, 5) is 2.54. The minimum atomic E-state index is 0.929. The van der Waals surface area contributed by atoms with Crippen LogP contribution in [0.25, 0.3) is 0 Å². The van der Waals surface area contributed by atoms with Gasteiger partial charge in [-0.1, -0.05) is 59.3 Å². The van der Waals surface area contributed by atoms with E-state index in [9.17, 15) is 0 Å². The Labute approximate surface area is 104 Å². The number of unbranched alkanes of at least 4 members (excludes halogenated alkanes) is 4. The van der Waals surface area contributed by atoms with Gasteiger partial charge in [0.2, 0.25) is 0 Å². The lowest BCUT2D eigenvalue weighted by molar-refractivity contribution is 0.254. The highest BCUT2D eigenvalue weighted by Gasteiger charge is 2.08. The first kappa shape index (κ1) is 16.0. The fourth-order valence-corrected chi connectivity index (χ4v) is 2.27. The molecule has 0 N–H and O–H groups in total. The fraction of sp³-hybridized carbons (Fsp3) is 1.00. The van der Waals surface area contributed by atoms with Crippen LogP contribution in [0.2, 0.25) is 0 Å². The molecular formula is C15H33N. The Kier molecular flexibility index (Phi) is 11.4. The fourth-order valence-electron chi connectivity index (χ4n) is 2.27. The van der Waals surface area contributed by atoms with E-state index in [1.807, 2.05) is 0 Å². The average molecular weight is 227 g/mol. The molecule has 0 bridgehead atoms. The molecule has 0 aliphatic rings. The number of hydrogen-bond donors (Lipinski definition) is 0. The van der Waals surface area contributed by atoms with Crippen molar-refractivity contribution in [3.63, 3.8) is 0 Å². The summed E-state index contributed by atoms with van der Waals surface area (Å²) >= 11 is 0. The van der Waals surface area contributed by atoms with Crippen molar-refractivity contribution in [2.75, 3.05) is 20.1 Å². The third kappa shape index (κ3) is 9.21. The summed E-state index contributed by atoms with van der Waals surface area (Å²) < 4.78 is 0. The van der Waals surface area contributed by atoms with Crippen LogP contribution in [0, 0.1) is 5.92 Å². The summed E-state index contributed by atoms with van der Waals surface area (Å²) in [6.45, 7) is 9.51. The van der Waals surface area contributed by atoms with Gasteiger partial charge in [0.25, 0.3) is 0 Å². The van der Waals surface area contributed by atoms with Crippen molar-refractivity contribution >= 4 is 0 Å². The maximum absolute atomic E-state index is 2.54. The largest absolute Gasteiger partial charge is 0.306 e. The molecule has 1 unspecified atom stereocenters. The van der Waals surface area contributed by atoms with Crippen molar-refractivity contribution in [3.8, 4) is 0 Å². The molecule has 0 heterocycles. The Morgan fingerprint density at radius 3 is 2.06 bits per heavy atom. The van der Waals surface area contributed by atoms with Gasteiger partial charge in [0, 0.05) is 6.54 Å². The number of rotatable bonds is 11. The second-order valence-corrected chi connectivity index (χ2v) is 5.24. The van der Waals surface area contributed by atoms with Gasteiger partial charge in [0.05, 0.1) is 0 Å². The second kappa shape index (κ2) is 11.4. The van der Waals surface area contributed by atoms with Gasteiger partial charge in [-0.3, -0.25) is 0 Å². The minimum absolute atomic E-state index is 0.929. The van der Waals surface area contributed by atoms with E-state index in [1.54, 1.807) is 0 Å². The van der Waals surface area contributed by atoms with Crippen LogP contribution >= 0.6 is 0 Å². The van der Waals surface area contributed by atoms with Gasteiger partial charge < -0.3 is 4.90 Å². The lowest BCUT2D eigenvalue weighted by Crippen LogP contribution is -2.26. The maximum Gasteiger partial charge on any atom is 0.000650 e. The smallest absolute Gasteiger partial charge is 0.000650 e. The van der Waals surface area contributed by atoms with E-state index in [2.05, 4.69) is 32.7 Å². The average Bonchev–Trinajstić information content (AvgIpc) is 2.28. The van der Waals surface area contributed by atoms with Crippen LogP contribution in [0.1, 0.15) is 72.1 Å². The van der Waals surface area contributed by atoms with E-state index < -0.39 is 0 Å². The summed E-state index contributed by atoms with van der Waals surface area (Å²) in [7, 11) is 2.29. The minimum Gasteiger partial charge on any atom is -0.306 e. The first-order chi connectivity index (χ1) is 7.74. The third-order valence-corrected chi connectivity index (χ3v) is 3.51. The molecule has 0 spiro atoms. The molecule has 0 radical (unpaired) electrons. The molecule has 0 aliphatic heterocycles. The normalized spacial score (nSPS) is 13.3. The van der Waals surface area contributed by atoms with Crippen LogP contribution in [0.4, 0.5) is 0 Å². The van der Waals surface area contributed by atoms with Crippen LogP contribution in [-0.4, -0.2) is 25.0 Å². The lowest BCUT2D eigenvalue weighted by Gasteiger charge is -2.23. The standard InChI is InChI=1S/C15H33N/c1-5-8-10-12-15(7-3)14-16(4)13-11-9-6-2/h15H,5-14H2,1-4H3. The first-order valence-corrected chi connectivity index (χ1v) is 7.43. The Balaban J connectivity index is 3.57. The van der Waals surface area contributed by atoms with Crippen LogP contribution < -0.4 is 0 Å². The Morgan fingerprint density at radius 1 is 0.875 bits per heavy atom. The lowest BCUT2D eigenvalue weighted by atomic mass is 9.98. The van der Waals surface area contributed by atoms with E-state index in [0.29, 0.717) is 0 Å². The molecule has 0 aromatic rings. The van der Waals surface area contributed by atoms with Crippen LogP contribution in [-0.2, 0) is 0 Å². The van der Waals surface area contributed by atoms with E-state index >= 15 is 0 Å². The van der Waals surface area contributed by atoms with E-state index in [1.165, 1.54) is 64.5 Å². The summed E-state index contributed by atoms with van der Waals surface area (Å²) in [6.07, 6.45) is 11.1. The molecule has 1 heteroatoms. The van der Waals surface area contributed by atoms with Crippen molar-refractivity contribution in [3.05, 3.63) is 0 Å². The summed E-state index contributed by atoms with van der Waals surface area (Å²) in [5.74, 6) is 0.929. The van der Waals surface area contributed by atoms with Crippen LogP contribution in [0.3, 0.4) is 0 Å². The molecule has 16 heavy (non-hydrogen) atoms. The highest BCUT2D eigenvalue weighted by Crippen LogP contribution is 2.14. The van der Waals surface area contributed by atoms with Gasteiger partial charge >= 0.3 is 0 Å². The van der Waals surface area contributed by atoms with Gasteiger partial charge in [0.15, 0.2) is 0 Å². The molecule has 0 aromatic heterocycles. The Morgan fingerprint density at radius 2 is 1.50 bits per heavy atom. The number of nitrogens with zero attached hydrogens (tertiary/aromatic N) is 1. The van der Waals surface area contributed by atoms with E-state index in [-0.39, 0.29) is 0 Å². The van der Waals surface area contributed by atoms with Gasteiger partial charge in [-0.15, -0.1) is 0 Å². The summed E-state index contributed by atoms with van der Waals surface area (Å²) in [5.41, 5.74) is 0. The zero-order valence-electron chi connectivity index (χ0n) is 12.1. The molecule has 0 aliphatic carbocycles. The van der Waals surface area contributed by atoms with E-state index in [0.717, 1.165) is 5.92 Å². The first-order valence-electron chi connectivity index (χ1n) is 7.43. The van der Waals surface area contributed by atoms with Crippen molar-refractivity contribution in [1.29, 1.82) is 0 Å². The molecular weight excluding hydrogens is 194 g/mol. The molecule has 0 rings (SSSR count). The number of hydrogen-bond acceptors (Lipinski definition) is 1. The molecule has 98 valence electrons.